The number of carbonyl (C=O) groups excluding carboxylic acids is 2. The van der Waals surface area contributed by atoms with Crippen LogP contribution >= 0.6 is 11.3 Å². The summed E-state index contributed by atoms with van der Waals surface area (Å²) in [6, 6.07) is 8.98. The third kappa shape index (κ3) is 3.39. The minimum Gasteiger partial charge on any atom is -0.457 e. The van der Waals surface area contributed by atoms with E-state index in [0.29, 0.717) is 11.5 Å². The SMILES string of the molecule is CNC(=O)c1cc(Oc2ccc3c(C)c(C(=O)N(C)C)sc3c2)ccn1. The Kier molecular flexibility index (Phi) is 4.90. The van der Waals surface area contributed by atoms with Gasteiger partial charge in [-0.05, 0) is 42.1 Å². The molecular weight excluding hydrogens is 350 g/mol. The number of ether oxygens (including phenoxy) is 1. The van der Waals surface area contributed by atoms with E-state index in [1.807, 2.05) is 25.1 Å². The average Bonchev–Trinajstić information content (AvgIpc) is 2.96. The van der Waals surface area contributed by atoms with Crippen molar-refractivity contribution in [3.05, 3.63) is 52.7 Å². The zero-order chi connectivity index (χ0) is 18.8. The smallest absolute Gasteiger partial charge is 0.269 e. The molecule has 0 aliphatic rings. The number of hydrogen-bond acceptors (Lipinski definition) is 5. The van der Waals surface area contributed by atoms with Crippen LogP contribution < -0.4 is 10.1 Å². The minimum atomic E-state index is -0.272. The first-order valence-electron chi connectivity index (χ1n) is 8.01. The number of thiophene rings is 1. The molecular formula is C19H19N3O3S. The van der Waals surface area contributed by atoms with Gasteiger partial charge in [0, 0.05) is 38.1 Å². The van der Waals surface area contributed by atoms with Crippen LogP contribution in [0.25, 0.3) is 10.1 Å². The summed E-state index contributed by atoms with van der Waals surface area (Å²) >= 11 is 1.45. The highest BCUT2D eigenvalue weighted by molar-refractivity contribution is 7.21. The van der Waals surface area contributed by atoms with Crippen molar-refractivity contribution in [2.24, 2.45) is 0 Å². The Hall–Kier alpha value is -2.93. The Bertz CT molecular complexity index is 995. The van der Waals surface area contributed by atoms with E-state index in [1.165, 1.54) is 17.5 Å². The van der Waals surface area contributed by atoms with Crippen molar-refractivity contribution < 1.29 is 14.3 Å². The lowest BCUT2D eigenvalue weighted by Gasteiger charge is -2.08. The minimum absolute atomic E-state index is 0.00415. The number of carbonyl (C=O) groups is 2. The Morgan fingerprint density at radius 1 is 1.15 bits per heavy atom. The molecule has 3 aromatic rings. The lowest BCUT2D eigenvalue weighted by molar-refractivity contribution is 0.0831. The zero-order valence-electron chi connectivity index (χ0n) is 15.0. The molecule has 1 N–H and O–H groups in total. The molecule has 2 amide bonds. The first-order chi connectivity index (χ1) is 12.4. The second kappa shape index (κ2) is 7.13. The molecule has 7 heteroatoms. The molecule has 0 spiro atoms. The maximum atomic E-state index is 12.3. The molecule has 0 atom stereocenters. The second-order valence-electron chi connectivity index (χ2n) is 5.97. The summed E-state index contributed by atoms with van der Waals surface area (Å²) in [6.07, 6.45) is 1.53. The molecule has 1 aromatic carbocycles. The van der Waals surface area contributed by atoms with Crippen LogP contribution in [-0.4, -0.2) is 42.8 Å². The van der Waals surface area contributed by atoms with Crippen LogP contribution in [0.3, 0.4) is 0 Å². The molecule has 2 aromatic heterocycles. The topological polar surface area (TPSA) is 71.5 Å². The van der Waals surface area contributed by atoms with E-state index in [1.54, 1.807) is 38.2 Å². The van der Waals surface area contributed by atoms with Gasteiger partial charge in [-0.15, -0.1) is 11.3 Å². The first-order valence-corrected chi connectivity index (χ1v) is 8.83. The number of hydrogen-bond donors (Lipinski definition) is 1. The van der Waals surface area contributed by atoms with E-state index < -0.39 is 0 Å². The van der Waals surface area contributed by atoms with Gasteiger partial charge in [-0.25, -0.2) is 0 Å². The number of fused-ring (bicyclic) bond motifs is 1. The highest BCUT2D eigenvalue weighted by atomic mass is 32.1. The summed E-state index contributed by atoms with van der Waals surface area (Å²) in [5.74, 6) is 0.884. The van der Waals surface area contributed by atoms with Crippen molar-refractivity contribution in [1.29, 1.82) is 0 Å². The van der Waals surface area contributed by atoms with E-state index in [9.17, 15) is 9.59 Å². The first kappa shape index (κ1) is 17.9. The number of amides is 2. The quantitative estimate of drug-likeness (QED) is 0.764. The van der Waals surface area contributed by atoms with Gasteiger partial charge in [-0.2, -0.15) is 0 Å². The molecule has 6 nitrogen and oxygen atoms in total. The van der Waals surface area contributed by atoms with Gasteiger partial charge in [-0.3, -0.25) is 14.6 Å². The number of pyridine rings is 1. The largest absolute Gasteiger partial charge is 0.457 e. The number of nitrogens with one attached hydrogen (secondary N) is 1. The predicted molar refractivity (Wildman–Crippen MR) is 102 cm³/mol. The molecule has 0 bridgehead atoms. The Morgan fingerprint density at radius 3 is 2.58 bits per heavy atom. The van der Waals surface area contributed by atoms with Gasteiger partial charge in [-0.1, -0.05) is 0 Å². The highest BCUT2D eigenvalue weighted by Crippen LogP contribution is 2.35. The summed E-state index contributed by atoms with van der Waals surface area (Å²) in [6.45, 7) is 1.95. The van der Waals surface area contributed by atoms with Crippen LogP contribution in [0.5, 0.6) is 11.5 Å². The lowest BCUT2D eigenvalue weighted by atomic mass is 10.1. The zero-order valence-corrected chi connectivity index (χ0v) is 15.8. The van der Waals surface area contributed by atoms with Crippen LogP contribution in [0.2, 0.25) is 0 Å². The Labute approximate surface area is 155 Å². The summed E-state index contributed by atoms with van der Waals surface area (Å²) in [5.41, 5.74) is 1.26. The fourth-order valence-electron chi connectivity index (χ4n) is 2.54. The van der Waals surface area contributed by atoms with Crippen molar-refractivity contribution in [2.45, 2.75) is 6.92 Å². The van der Waals surface area contributed by atoms with Crippen molar-refractivity contribution >= 4 is 33.2 Å². The van der Waals surface area contributed by atoms with E-state index >= 15 is 0 Å². The maximum absolute atomic E-state index is 12.3. The number of benzene rings is 1. The van der Waals surface area contributed by atoms with Gasteiger partial charge < -0.3 is 15.0 Å². The standard InChI is InChI=1S/C19H19N3O3S/c1-11-14-6-5-12(10-16(14)26-17(11)19(24)22(3)4)25-13-7-8-21-15(9-13)18(23)20-2/h5-10H,1-4H3,(H,20,23). The highest BCUT2D eigenvalue weighted by Gasteiger charge is 2.17. The number of aryl methyl sites for hydroxylation is 1. The second-order valence-corrected chi connectivity index (χ2v) is 7.02. The molecule has 0 radical (unpaired) electrons. The van der Waals surface area contributed by atoms with Crippen LogP contribution in [0.15, 0.2) is 36.5 Å². The molecule has 0 aliphatic carbocycles. The predicted octanol–water partition coefficient (Wildman–Crippen LogP) is 3.46. The number of rotatable bonds is 4. The Balaban J connectivity index is 1.93. The molecule has 0 fully saturated rings. The molecule has 0 unspecified atom stereocenters. The normalized spacial score (nSPS) is 10.6. The monoisotopic (exact) mass is 369 g/mol. The van der Waals surface area contributed by atoms with Crippen LogP contribution in [0.1, 0.15) is 25.7 Å². The van der Waals surface area contributed by atoms with Gasteiger partial charge >= 0.3 is 0 Å². The summed E-state index contributed by atoms with van der Waals surface area (Å²) in [4.78, 5) is 30.3. The van der Waals surface area contributed by atoms with E-state index in [4.69, 9.17) is 4.74 Å². The number of nitrogens with zero attached hydrogens (tertiary/aromatic N) is 2. The fourth-order valence-corrected chi connectivity index (χ4v) is 3.80. The van der Waals surface area contributed by atoms with Crippen molar-refractivity contribution in [2.75, 3.05) is 21.1 Å². The van der Waals surface area contributed by atoms with Crippen molar-refractivity contribution in [1.82, 2.24) is 15.2 Å². The van der Waals surface area contributed by atoms with Gasteiger partial charge in [0.15, 0.2) is 0 Å². The van der Waals surface area contributed by atoms with Gasteiger partial charge in [0.2, 0.25) is 0 Å². The number of aromatic nitrogens is 1. The molecule has 0 saturated carbocycles. The summed E-state index contributed by atoms with van der Waals surface area (Å²) in [5, 5.41) is 3.57. The lowest BCUT2D eigenvalue weighted by Crippen LogP contribution is -2.21. The molecule has 0 aliphatic heterocycles. The van der Waals surface area contributed by atoms with Gasteiger partial charge in [0.05, 0.1) is 4.88 Å². The van der Waals surface area contributed by atoms with Crippen LogP contribution in [-0.2, 0) is 0 Å². The summed E-state index contributed by atoms with van der Waals surface area (Å²) in [7, 11) is 5.04. The fraction of sp³-hybridized carbons (Fsp3) is 0.211. The third-order valence-electron chi connectivity index (χ3n) is 3.94. The molecule has 134 valence electrons. The molecule has 3 rings (SSSR count). The third-order valence-corrected chi connectivity index (χ3v) is 5.18. The molecule has 0 saturated heterocycles. The van der Waals surface area contributed by atoms with Crippen molar-refractivity contribution in [3.63, 3.8) is 0 Å². The Morgan fingerprint density at radius 2 is 1.88 bits per heavy atom. The molecule has 2 heterocycles. The van der Waals surface area contributed by atoms with E-state index in [0.717, 1.165) is 20.5 Å². The summed E-state index contributed by atoms with van der Waals surface area (Å²) < 4.78 is 6.85. The van der Waals surface area contributed by atoms with E-state index in [2.05, 4.69) is 10.3 Å². The average molecular weight is 369 g/mol. The van der Waals surface area contributed by atoms with Crippen LogP contribution in [0, 0.1) is 6.92 Å². The van der Waals surface area contributed by atoms with Gasteiger partial charge in [0.25, 0.3) is 11.8 Å². The van der Waals surface area contributed by atoms with E-state index in [-0.39, 0.29) is 17.5 Å². The molecule has 26 heavy (non-hydrogen) atoms. The maximum Gasteiger partial charge on any atom is 0.269 e. The van der Waals surface area contributed by atoms with Gasteiger partial charge in [0.1, 0.15) is 17.2 Å². The van der Waals surface area contributed by atoms with Crippen LogP contribution in [0.4, 0.5) is 0 Å². The van der Waals surface area contributed by atoms with Crippen molar-refractivity contribution in [3.8, 4) is 11.5 Å².